The molecule has 1 aromatic heterocycles. The highest BCUT2D eigenvalue weighted by Crippen LogP contribution is 2.24. The summed E-state index contributed by atoms with van der Waals surface area (Å²) in [6, 6.07) is 0. The summed E-state index contributed by atoms with van der Waals surface area (Å²) in [7, 11) is 0. The predicted octanol–water partition coefficient (Wildman–Crippen LogP) is 2.37. The second kappa shape index (κ2) is 5.41. The van der Waals surface area contributed by atoms with Gasteiger partial charge in [-0.2, -0.15) is 5.10 Å². The molecule has 0 aliphatic carbocycles. The third-order valence-electron chi connectivity index (χ3n) is 3.13. The van der Waals surface area contributed by atoms with E-state index < -0.39 is 0 Å². The fourth-order valence-electron chi connectivity index (χ4n) is 2.28. The van der Waals surface area contributed by atoms with E-state index in [2.05, 4.69) is 25.9 Å². The maximum absolute atomic E-state index is 11.8. The van der Waals surface area contributed by atoms with E-state index in [0.717, 1.165) is 12.0 Å². The van der Waals surface area contributed by atoms with Crippen molar-refractivity contribution in [3.8, 4) is 0 Å². The summed E-state index contributed by atoms with van der Waals surface area (Å²) in [5, 5.41) is 4.44. The van der Waals surface area contributed by atoms with Gasteiger partial charge in [-0.05, 0) is 20.8 Å². The van der Waals surface area contributed by atoms with E-state index in [4.69, 9.17) is 16.3 Å². The fourth-order valence-corrected chi connectivity index (χ4v) is 2.36. The van der Waals surface area contributed by atoms with Crippen molar-refractivity contribution in [3.63, 3.8) is 0 Å². The van der Waals surface area contributed by atoms with Crippen LogP contribution in [0.25, 0.3) is 0 Å². The van der Waals surface area contributed by atoms with Gasteiger partial charge < -0.3 is 9.64 Å². The van der Waals surface area contributed by atoms with Crippen LogP contribution in [-0.4, -0.2) is 39.8 Å². The van der Waals surface area contributed by atoms with E-state index in [9.17, 15) is 4.79 Å². The van der Waals surface area contributed by atoms with Gasteiger partial charge in [0.2, 0.25) is 0 Å². The zero-order valence-corrected chi connectivity index (χ0v) is 12.4. The van der Waals surface area contributed by atoms with E-state index >= 15 is 0 Å². The number of rotatable bonds is 2. The summed E-state index contributed by atoms with van der Waals surface area (Å²) in [6.45, 7) is 7.86. The number of carbonyl (C=O) groups excluding carboxylic acids is 1. The molecule has 0 N–H and O–H groups in total. The van der Waals surface area contributed by atoms with Crippen molar-refractivity contribution < 1.29 is 9.53 Å². The first kappa shape index (κ1) is 14.2. The van der Waals surface area contributed by atoms with Gasteiger partial charge in [0.05, 0.1) is 24.2 Å². The Hall–Kier alpha value is -1.23. The summed E-state index contributed by atoms with van der Waals surface area (Å²) in [5.74, 6) is 0.326. The van der Waals surface area contributed by atoms with E-state index in [-0.39, 0.29) is 18.2 Å². The molecule has 0 unspecified atom stereocenters. The van der Waals surface area contributed by atoms with E-state index in [0.29, 0.717) is 19.0 Å². The number of alkyl halides is 1. The molecule has 0 atom stereocenters. The van der Waals surface area contributed by atoms with Crippen LogP contribution in [0.4, 0.5) is 4.79 Å². The molecule has 5 nitrogen and oxygen atoms in total. The summed E-state index contributed by atoms with van der Waals surface area (Å²) < 4.78 is 7.09. The number of halogens is 1. The van der Waals surface area contributed by atoms with Crippen LogP contribution in [0.15, 0.2) is 6.20 Å². The van der Waals surface area contributed by atoms with E-state index in [1.165, 1.54) is 5.69 Å². The van der Waals surface area contributed by atoms with Gasteiger partial charge in [-0.25, -0.2) is 4.79 Å². The van der Waals surface area contributed by atoms with E-state index in [1.807, 2.05) is 10.9 Å². The number of ether oxygens (including phenoxy) is 1. The Morgan fingerprint density at radius 3 is 2.89 bits per heavy atom. The summed E-state index contributed by atoms with van der Waals surface area (Å²) >= 11 is 5.51. The average molecular weight is 286 g/mol. The van der Waals surface area contributed by atoms with Crippen molar-refractivity contribution in [1.82, 2.24) is 14.7 Å². The van der Waals surface area contributed by atoms with Crippen molar-refractivity contribution in [2.24, 2.45) is 0 Å². The number of hydrogen-bond donors (Lipinski definition) is 0. The van der Waals surface area contributed by atoms with Crippen LogP contribution in [0.1, 0.15) is 32.0 Å². The first-order valence-corrected chi connectivity index (χ1v) is 7.01. The lowest BCUT2D eigenvalue weighted by molar-refractivity contribution is 0.102. The minimum Gasteiger partial charge on any atom is -0.448 e. The average Bonchev–Trinajstić information content (AvgIpc) is 2.78. The van der Waals surface area contributed by atoms with E-state index in [1.54, 1.807) is 4.90 Å². The molecule has 0 saturated carbocycles. The van der Waals surface area contributed by atoms with Crippen molar-refractivity contribution in [2.75, 3.05) is 19.0 Å². The topological polar surface area (TPSA) is 47.4 Å². The second-order valence-electron chi connectivity index (χ2n) is 5.67. The summed E-state index contributed by atoms with van der Waals surface area (Å²) in [5.41, 5.74) is 2.28. The van der Waals surface area contributed by atoms with Crippen LogP contribution in [0.5, 0.6) is 0 Å². The number of carbonyl (C=O) groups is 1. The molecule has 1 amide bonds. The molecule has 0 bridgehead atoms. The summed E-state index contributed by atoms with van der Waals surface area (Å²) in [6.07, 6.45) is 2.36. The van der Waals surface area contributed by atoms with Crippen molar-refractivity contribution in [3.05, 3.63) is 17.5 Å². The Morgan fingerprint density at radius 1 is 1.53 bits per heavy atom. The number of amides is 1. The number of nitrogens with zero attached hydrogens (tertiary/aromatic N) is 3. The Balaban J connectivity index is 2.09. The van der Waals surface area contributed by atoms with Gasteiger partial charge in [-0.1, -0.05) is 0 Å². The highest BCUT2D eigenvalue weighted by atomic mass is 35.5. The molecule has 0 saturated heterocycles. The fraction of sp³-hybridized carbons (Fsp3) is 0.692. The van der Waals surface area contributed by atoms with Gasteiger partial charge in [-0.15, -0.1) is 11.6 Å². The molecule has 6 heteroatoms. The first-order valence-electron chi connectivity index (χ1n) is 6.47. The molecule has 0 radical (unpaired) electrons. The maximum Gasteiger partial charge on any atom is 0.410 e. The molecular formula is C13H20ClN3O2. The van der Waals surface area contributed by atoms with Crippen LogP contribution in [0.2, 0.25) is 0 Å². The Bertz CT molecular complexity index is 465. The molecular weight excluding hydrogens is 266 g/mol. The van der Waals surface area contributed by atoms with Gasteiger partial charge in [0.15, 0.2) is 0 Å². The molecule has 2 rings (SSSR count). The Labute approximate surface area is 118 Å². The number of aromatic nitrogens is 2. The van der Waals surface area contributed by atoms with Crippen LogP contribution in [-0.2, 0) is 23.2 Å². The smallest absolute Gasteiger partial charge is 0.410 e. The maximum atomic E-state index is 11.8. The van der Waals surface area contributed by atoms with Crippen LogP contribution in [0.3, 0.4) is 0 Å². The number of fused-ring (bicyclic) bond motifs is 1. The van der Waals surface area contributed by atoms with Gasteiger partial charge in [0.1, 0.15) is 6.61 Å². The van der Waals surface area contributed by atoms with Crippen molar-refractivity contribution in [1.29, 1.82) is 0 Å². The SMILES string of the molecule is CC(C)(C)n1ncc2c1CCN(C(=O)OCCCl)C2. The highest BCUT2D eigenvalue weighted by molar-refractivity contribution is 6.18. The molecule has 0 aromatic carbocycles. The number of hydrogen-bond acceptors (Lipinski definition) is 3. The van der Waals surface area contributed by atoms with Crippen molar-refractivity contribution >= 4 is 17.7 Å². The zero-order chi connectivity index (χ0) is 14.0. The van der Waals surface area contributed by atoms with Gasteiger partial charge >= 0.3 is 6.09 Å². The Morgan fingerprint density at radius 2 is 2.26 bits per heavy atom. The molecule has 1 aliphatic rings. The van der Waals surface area contributed by atoms with Gasteiger partial charge in [-0.3, -0.25) is 4.68 Å². The standard InChI is InChI=1S/C13H20ClN3O2/c1-13(2,3)17-11-4-6-16(9-10(11)8-15-17)12(18)19-7-5-14/h8H,4-7,9H2,1-3H3. The van der Waals surface area contributed by atoms with Gasteiger partial charge in [0, 0.05) is 24.2 Å². The highest BCUT2D eigenvalue weighted by Gasteiger charge is 2.27. The molecule has 0 spiro atoms. The largest absolute Gasteiger partial charge is 0.448 e. The molecule has 0 fully saturated rings. The van der Waals surface area contributed by atoms with Crippen LogP contribution in [0, 0.1) is 0 Å². The minimum absolute atomic E-state index is 0.0329. The molecule has 1 aromatic rings. The molecule has 106 valence electrons. The third kappa shape index (κ3) is 3.03. The zero-order valence-electron chi connectivity index (χ0n) is 11.6. The predicted molar refractivity (Wildman–Crippen MR) is 73.4 cm³/mol. The molecule has 19 heavy (non-hydrogen) atoms. The lowest BCUT2D eigenvalue weighted by Crippen LogP contribution is -2.38. The lowest BCUT2D eigenvalue weighted by atomic mass is 10.0. The minimum atomic E-state index is -0.296. The monoisotopic (exact) mass is 285 g/mol. The summed E-state index contributed by atoms with van der Waals surface area (Å²) in [4.78, 5) is 13.5. The first-order chi connectivity index (χ1) is 8.93. The quantitative estimate of drug-likeness (QED) is 0.784. The van der Waals surface area contributed by atoms with Crippen molar-refractivity contribution in [2.45, 2.75) is 39.3 Å². The van der Waals surface area contributed by atoms with Crippen LogP contribution >= 0.6 is 11.6 Å². The third-order valence-corrected chi connectivity index (χ3v) is 3.29. The normalized spacial score (nSPS) is 15.3. The molecule has 2 heterocycles. The lowest BCUT2D eigenvalue weighted by Gasteiger charge is -2.29. The second-order valence-corrected chi connectivity index (χ2v) is 6.05. The van der Waals surface area contributed by atoms with Gasteiger partial charge in [0.25, 0.3) is 0 Å². The molecule has 1 aliphatic heterocycles. The Kier molecular flexibility index (Phi) is 4.04. The van der Waals surface area contributed by atoms with Crippen LogP contribution < -0.4 is 0 Å².